The Bertz CT molecular complexity index is 672. The number of hydrogen-bond acceptors (Lipinski definition) is 4. The summed E-state index contributed by atoms with van der Waals surface area (Å²) in [5.41, 5.74) is 4.06. The van der Waals surface area contributed by atoms with Gasteiger partial charge < -0.3 is 19.7 Å². The Kier molecular flexibility index (Phi) is 5.03. The van der Waals surface area contributed by atoms with E-state index in [9.17, 15) is 0 Å². The molecule has 0 radical (unpaired) electrons. The highest BCUT2D eigenvalue weighted by molar-refractivity contribution is 6.31. The third kappa shape index (κ3) is 3.07. The van der Waals surface area contributed by atoms with E-state index in [1.165, 1.54) is 0 Å². The monoisotopic (exact) mass is 320 g/mol. The second-order valence-electron chi connectivity index (χ2n) is 5.06. The van der Waals surface area contributed by atoms with Crippen molar-refractivity contribution in [3.8, 4) is 22.6 Å². The molecule has 0 atom stereocenters. The van der Waals surface area contributed by atoms with Gasteiger partial charge >= 0.3 is 0 Å². The highest BCUT2D eigenvalue weighted by atomic mass is 35.5. The molecule has 0 aromatic heterocycles. The summed E-state index contributed by atoms with van der Waals surface area (Å²) in [5.74, 6) is 1.37. The largest absolute Gasteiger partial charge is 0.493 e. The molecule has 118 valence electrons. The quantitative estimate of drug-likeness (QED) is 0.898. The van der Waals surface area contributed by atoms with Gasteiger partial charge in [0.2, 0.25) is 0 Å². The molecule has 0 saturated heterocycles. The maximum Gasteiger partial charge on any atom is 0.162 e. The van der Waals surface area contributed by atoms with E-state index in [4.69, 9.17) is 21.1 Å². The average molecular weight is 321 g/mol. The van der Waals surface area contributed by atoms with Crippen molar-refractivity contribution in [2.45, 2.75) is 0 Å². The average Bonchev–Trinajstić information content (AvgIpc) is 2.52. The smallest absolute Gasteiger partial charge is 0.162 e. The van der Waals surface area contributed by atoms with Crippen LogP contribution in [0.15, 0.2) is 30.3 Å². The van der Waals surface area contributed by atoms with Crippen LogP contribution in [0.4, 0.5) is 11.4 Å². The van der Waals surface area contributed by atoms with Gasteiger partial charge in [0.1, 0.15) is 0 Å². The molecule has 0 aliphatic carbocycles. The molecule has 0 aliphatic rings. The van der Waals surface area contributed by atoms with Gasteiger partial charge in [0.25, 0.3) is 0 Å². The topological polar surface area (TPSA) is 33.7 Å². The van der Waals surface area contributed by atoms with Crippen molar-refractivity contribution < 1.29 is 9.47 Å². The van der Waals surface area contributed by atoms with Crippen molar-refractivity contribution in [2.24, 2.45) is 0 Å². The lowest BCUT2D eigenvalue weighted by molar-refractivity contribution is 0.355. The highest BCUT2D eigenvalue weighted by Crippen LogP contribution is 2.42. The van der Waals surface area contributed by atoms with Crippen LogP contribution in [0.2, 0.25) is 5.02 Å². The Morgan fingerprint density at radius 1 is 0.955 bits per heavy atom. The van der Waals surface area contributed by atoms with Crippen LogP contribution in [0, 0.1) is 0 Å². The number of nitrogens with one attached hydrogen (secondary N) is 1. The number of methoxy groups -OCH3 is 2. The van der Waals surface area contributed by atoms with Gasteiger partial charge in [0.15, 0.2) is 11.5 Å². The van der Waals surface area contributed by atoms with Crippen LogP contribution in [-0.2, 0) is 0 Å². The lowest BCUT2D eigenvalue weighted by Gasteiger charge is -2.21. The summed E-state index contributed by atoms with van der Waals surface area (Å²) < 4.78 is 10.8. The maximum absolute atomic E-state index is 6.20. The van der Waals surface area contributed by atoms with Gasteiger partial charge in [-0.1, -0.05) is 11.6 Å². The molecular weight excluding hydrogens is 300 g/mol. The molecule has 0 unspecified atom stereocenters. The molecule has 0 spiro atoms. The summed E-state index contributed by atoms with van der Waals surface area (Å²) in [5, 5.41) is 3.90. The van der Waals surface area contributed by atoms with Crippen molar-refractivity contribution in [3.05, 3.63) is 35.4 Å². The summed E-state index contributed by atoms with van der Waals surface area (Å²) in [6, 6.07) is 9.74. The fraction of sp³-hybridized carbons (Fsp3) is 0.294. The van der Waals surface area contributed by atoms with Gasteiger partial charge in [-0.3, -0.25) is 0 Å². The second kappa shape index (κ2) is 6.79. The van der Waals surface area contributed by atoms with Crippen LogP contribution in [0.5, 0.6) is 11.5 Å². The number of nitrogens with zero attached hydrogens (tertiary/aromatic N) is 1. The number of hydrogen-bond donors (Lipinski definition) is 1. The molecule has 0 saturated carbocycles. The molecule has 0 heterocycles. The number of benzene rings is 2. The molecule has 0 amide bonds. The minimum Gasteiger partial charge on any atom is -0.493 e. The van der Waals surface area contributed by atoms with Crippen molar-refractivity contribution in [1.82, 2.24) is 0 Å². The van der Waals surface area contributed by atoms with Crippen molar-refractivity contribution in [2.75, 3.05) is 45.6 Å². The first-order valence-corrected chi connectivity index (χ1v) is 7.30. The maximum atomic E-state index is 6.20. The lowest BCUT2D eigenvalue weighted by Crippen LogP contribution is -2.10. The zero-order valence-corrected chi connectivity index (χ0v) is 14.3. The summed E-state index contributed by atoms with van der Waals surface area (Å²) in [6.07, 6.45) is 0. The van der Waals surface area contributed by atoms with E-state index in [0.29, 0.717) is 16.5 Å². The van der Waals surface area contributed by atoms with E-state index in [-0.39, 0.29) is 0 Å². The van der Waals surface area contributed by atoms with Crippen LogP contribution in [0.3, 0.4) is 0 Å². The van der Waals surface area contributed by atoms with Crippen LogP contribution in [0.1, 0.15) is 0 Å². The van der Waals surface area contributed by atoms with Gasteiger partial charge in [-0.05, 0) is 24.3 Å². The first-order chi connectivity index (χ1) is 10.5. The molecule has 4 nitrogen and oxygen atoms in total. The standard InChI is InChI=1S/C17H21ClN2O2/c1-19-14-10-17(22-5)16(21-4)9-12(14)13-8-11(18)6-7-15(13)20(2)3/h6-10,19H,1-5H3. The fourth-order valence-electron chi connectivity index (χ4n) is 2.42. The van der Waals surface area contributed by atoms with E-state index >= 15 is 0 Å². The van der Waals surface area contributed by atoms with Crippen LogP contribution >= 0.6 is 11.6 Å². The summed E-state index contributed by atoms with van der Waals surface area (Å²) >= 11 is 6.20. The van der Waals surface area contributed by atoms with E-state index in [1.54, 1.807) is 14.2 Å². The summed E-state index contributed by atoms with van der Waals surface area (Å²) in [6.45, 7) is 0. The normalized spacial score (nSPS) is 10.3. The third-order valence-corrected chi connectivity index (χ3v) is 3.76. The number of rotatable bonds is 5. The molecule has 2 aromatic rings. The molecule has 1 N–H and O–H groups in total. The highest BCUT2D eigenvalue weighted by Gasteiger charge is 2.16. The number of anilines is 2. The minimum absolute atomic E-state index is 0.682. The predicted molar refractivity (Wildman–Crippen MR) is 93.9 cm³/mol. The van der Waals surface area contributed by atoms with E-state index in [1.807, 2.05) is 51.5 Å². The predicted octanol–water partition coefficient (Wildman–Crippen LogP) is 4.13. The van der Waals surface area contributed by atoms with Gasteiger partial charge in [-0.15, -0.1) is 0 Å². The summed E-state index contributed by atoms with van der Waals surface area (Å²) in [4.78, 5) is 2.06. The van der Waals surface area contributed by atoms with Crippen LogP contribution < -0.4 is 19.7 Å². The zero-order valence-electron chi connectivity index (χ0n) is 13.5. The minimum atomic E-state index is 0.682. The third-order valence-electron chi connectivity index (χ3n) is 3.52. The van der Waals surface area contributed by atoms with Gasteiger partial charge in [0, 0.05) is 54.7 Å². The molecule has 2 rings (SSSR count). The van der Waals surface area contributed by atoms with E-state index in [2.05, 4.69) is 10.2 Å². The Morgan fingerprint density at radius 2 is 1.59 bits per heavy atom. The number of halogens is 1. The molecule has 5 heteroatoms. The Hall–Kier alpha value is -2.07. The van der Waals surface area contributed by atoms with Crippen molar-refractivity contribution in [3.63, 3.8) is 0 Å². The Balaban J connectivity index is 2.73. The van der Waals surface area contributed by atoms with Gasteiger partial charge in [-0.2, -0.15) is 0 Å². The molecule has 22 heavy (non-hydrogen) atoms. The van der Waals surface area contributed by atoms with Crippen LogP contribution in [0.25, 0.3) is 11.1 Å². The molecule has 0 bridgehead atoms. The van der Waals surface area contributed by atoms with Crippen molar-refractivity contribution >= 4 is 23.0 Å². The number of ether oxygens (including phenoxy) is 2. The summed E-state index contributed by atoms with van der Waals surface area (Å²) in [7, 11) is 9.15. The first-order valence-electron chi connectivity index (χ1n) is 6.92. The SMILES string of the molecule is CNc1cc(OC)c(OC)cc1-c1cc(Cl)ccc1N(C)C. The molecular formula is C17H21ClN2O2. The zero-order chi connectivity index (χ0) is 16.3. The van der Waals surface area contributed by atoms with E-state index in [0.717, 1.165) is 22.5 Å². The van der Waals surface area contributed by atoms with Crippen LogP contribution in [-0.4, -0.2) is 35.4 Å². The van der Waals surface area contributed by atoms with E-state index < -0.39 is 0 Å². The first kappa shape index (κ1) is 16.3. The van der Waals surface area contributed by atoms with Crippen molar-refractivity contribution in [1.29, 1.82) is 0 Å². The van der Waals surface area contributed by atoms with Gasteiger partial charge in [0.05, 0.1) is 14.2 Å². The lowest BCUT2D eigenvalue weighted by atomic mass is 10.00. The Labute approximate surface area is 136 Å². The fourth-order valence-corrected chi connectivity index (χ4v) is 2.59. The second-order valence-corrected chi connectivity index (χ2v) is 5.50. The van der Waals surface area contributed by atoms with Gasteiger partial charge in [-0.25, -0.2) is 0 Å². The molecule has 0 fully saturated rings. The molecule has 0 aliphatic heterocycles. The Morgan fingerprint density at radius 3 is 2.14 bits per heavy atom. The molecule has 2 aromatic carbocycles.